The van der Waals surface area contributed by atoms with Gasteiger partial charge in [-0.15, -0.1) is 0 Å². The molecule has 0 saturated carbocycles. The summed E-state index contributed by atoms with van der Waals surface area (Å²) in [4.78, 5) is 36.1. The smallest absolute Gasteiger partial charge is 0.329 e. The van der Waals surface area contributed by atoms with Gasteiger partial charge in [0.15, 0.2) is 0 Å². The Hall–Kier alpha value is -1.59. The van der Waals surface area contributed by atoms with Crippen molar-refractivity contribution in [2.45, 2.75) is 53.1 Å². The third-order valence-electron chi connectivity index (χ3n) is 3.09. The molecule has 0 aliphatic rings. The molecule has 19 heavy (non-hydrogen) atoms. The Balaban J connectivity index is 4.85. The summed E-state index contributed by atoms with van der Waals surface area (Å²) in [6.07, 6.45) is 0. The highest BCUT2D eigenvalue weighted by atomic mass is 16.4. The number of carbonyl (C=O) groups is 3. The summed E-state index contributed by atoms with van der Waals surface area (Å²) in [5.41, 5.74) is -1.92. The van der Waals surface area contributed by atoms with E-state index in [1.54, 1.807) is 27.7 Å². The van der Waals surface area contributed by atoms with Crippen molar-refractivity contribution in [1.82, 2.24) is 10.2 Å². The average Bonchev–Trinajstić information content (AvgIpc) is 2.25. The molecule has 0 aromatic rings. The summed E-state index contributed by atoms with van der Waals surface area (Å²) < 4.78 is 0. The third-order valence-corrected chi connectivity index (χ3v) is 3.09. The van der Waals surface area contributed by atoms with Crippen LogP contribution in [0.1, 0.15) is 41.5 Å². The van der Waals surface area contributed by atoms with Gasteiger partial charge >= 0.3 is 5.97 Å². The molecule has 1 atom stereocenters. The summed E-state index contributed by atoms with van der Waals surface area (Å²) in [5, 5.41) is 11.7. The molecule has 0 heterocycles. The molecular formula is C13H24N2O4. The number of carboxylic acid groups (broad SMARTS) is 1. The van der Waals surface area contributed by atoms with Crippen LogP contribution < -0.4 is 5.32 Å². The monoisotopic (exact) mass is 272 g/mol. The number of nitrogens with one attached hydrogen (secondary N) is 1. The number of likely N-dealkylation sites (N-methyl/N-ethyl adjacent to an activating group) is 1. The van der Waals surface area contributed by atoms with E-state index in [2.05, 4.69) is 5.32 Å². The van der Waals surface area contributed by atoms with E-state index in [9.17, 15) is 14.4 Å². The molecule has 2 amide bonds. The Morgan fingerprint density at radius 3 is 1.84 bits per heavy atom. The summed E-state index contributed by atoms with van der Waals surface area (Å²) in [5.74, 6) is -1.79. The number of hydrogen-bond donors (Lipinski definition) is 2. The molecule has 6 heteroatoms. The van der Waals surface area contributed by atoms with Crippen LogP contribution in [0.2, 0.25) is 0 Å². The molecule has 0 rings (SSSR count). The van der Waals surface area contributed by atoms with Crippen molar-refractivity contribution in [2.24, 2.45) is 5.41 Å². The zero-order valence-electron chi connectivity index (χ0n) is 12.7. The van der Waals surface area contributed by atoms with E-state index >= 15 is 0 Å². The maximum Gasteiger partial charge on any atom is 0.329 e. The molecule has 2 N–H and O–H groups in total. The van der Waals surface area contributed by atoms with Gasteiger partial charge in [0, 0.05) is 12.5 Å². The van der Waals surface area contributed by atoms with Gasteiger partial charge in [-0.3, -0.25) is 9.59 Å². The van der Waals surface area contributed by atoms with E-state index in [0.29, 0.717) is 0 Å². The first-order valence-corrected chi connectivity index (χ1v) is 6.14. The fourth-order valence-corrected chi connectivity index (χ4v) is 1.18. The van der Waals surface area contributed by atoms with Crippen LogP contribution in [0.3, 0.4) is 0 Å². The van der Waals surface area contributed by atoms with Crippen molar-refractivity contribution in [2.75, 3.05) is 7.05 Å². The van der Waals surface area contributed by atoms with Crippen LogP contribution in [0, 0.1) is 5.41 Å². The fourth-order valence-electron chi connectivity index (χ4n) is 1.18. The molecule has 0 spiro atoms. The number of carbonyl (C=O) groups excluding carboxylic acids is 2. The predicted molar refractivity (Wildman–Crippen MR) is 71.5 cm³/mol. The summed E-state index contributed by atoms with van der Waals surface area (Å²) >= 11 is 0. The highest BCUT2D eigenvalue weighted by molar-refractivity contribution is 5.92. The van der Waals surface area contributed by atoms with Crippen LogP contribution in [-0.4, -0.2) is 46.4 Å². The van der Waals surface area contributed by atoms with E-state index in [1.807, 2.05) is 0 Å². The van der Waals surface area contributed by atoms with Crippen LogP contribution in [0.15, 0.2) is 0 Å². The number of hydrogen-bond acceptors (Lipinski definition) is 3. The SMILES string of the molecule is CC(NC(=O)C(C)(C)C)C(=O)N(C)C(C)(C)C(=O)O. The molecule has 110 valence electrons. The molecule has 0 fully saturated rings. The van der Waals surface area contributed by atoms with E-state index in [4.69, 9.17) is 5.11 Å². The van der Waals surface area contributed by atoms with Gasteiger partial charge in [-0.05, 0) is 20.8 Å². The second kappa shape index (κ2) is 5.59. The molecule has 0 aromatic carbocycles. The van der Waals surface area contributed by atoms with Crippen molar-refractivity contribution in [1.29, 1.82) is 0 Å². The normalized spacial score (nSPS) is 13.6. The number of rotatable bonds is 4. The van der Waals surface area contributed by atoms with Crippen molar-refractivity contribution >= 4 is 17.8 Å². The fraction of sp³-hybridized carbons (Fsp3) is 0.769. The number of amides is 2. The minimum Gasteiger partial charge on any atom is -0.480 e. The number of nitrogens with zero attached hydrogens (tertiary/aromatic N) is 1. The van der Waals surface area contributed by atoms with E-state index in [0.717, 1.165) is 4.90 Å². The average molecular weight is 272 g/mol. The molecule has 0 saturated heterocycles. The quantitative estimate of drug-likeness (QED) is 0.794. The highest BCUT2D eigenvalue weighted by Crippen LogP contribution is 2.16. The second-order valence-electron chi connectivity index (χ2n) is 6.21. The van der Waals surface area contributed by atoms with Crippen LogP contribution in [-0.2, 0) is 14.4 Å². The summed E-state index contributed by atoms with van der Waals surface area (Å²) in [6, 6.07) is -0.768. The first kappa shape index (κ1) is 17.4. The Labute approximate surface area is 114 Å². The zero-order valence-corrected chi connectivity index (χ0v) is 12.7. The molecule has 6 nitrogen and oxygen atoms in total. The Morgan fingerprint density at radius 2 is 1.53 bits per heavy atom. The van der Waals surface area contributed by atoms with Crippen molar-refractivity contribution < 1.29 is 19.5 Å². The van der Waals surface area contributed by atoms with Gasteiger partial charge < -0.3 is 15.3 Å². The molecule has 0 aliphatic heterocycles. The molecule has 0 aliphatic carbocycles. The van der Waals surface area contributed by atoms with Gasteiger partial charge in [0.05, 0.1) is 0 Å². The first-order chi connectivity index (χ1) is 8.31. The lowest BCUT2D eigenvalue weighted by Gasteiger charge is -2.34. The first-order valence-electron chi connectivity index (χ1n) is 6.14. The Kier molecular flexibility index (Phi) is 5.12. The molecular weight excluding hydrogens is 248 g/mol. The maximum atomic E-state index is 12.1. The van der Waals surface area contributed by atoms with Crippen LogP contribution >= 0.6 is 0 Å². The van der Waals surface area contributed by atoms with Gasteiger partial charge in [-0.25, -0.2) is 4.79 Å². The lowest BCUT2D eigenvalue weighted by Crippen LogP contribution is -2.57. The third kappa shape index (κ3) is 4.22. The predicted octanol–water partition coefficient (Wildman–Crippen LogP) is 0.859. The molecule has 0 radical (unpaired) electrons. The van der Waals surface area contributed by atoms with E-state index in [1.165, 1.54) is 20.9 Å². The van der Waals surface area contributed by atoms with Gasteiger partial charge in [0.2, 0.25) is 11.8 Å². The standard InChI is InChI=1S/C13H24N2O4/c1-8(14-10(17)12(2,3)4)9(16)15(7)13(5,6)11(18)19/h8H,1-7H3,(H,14,17)(H,18,19). The van der Waals surface area contributed by atoms with E-state index < -0.39 is 28.9 Å². The lowest BCUT2D eigenvalue weighted by atomic mass is 9.95. The van der Waals surface area contributed by atoms with Crippen LogP contribution in [0.4, 0.5) is 0 Å². The Bertz CT molecular complexity index is 383. The van der Waals surface area contributed by atoms with Gasteiger partial charge in [-0.1, -0.05) is 20.8 Å². The molecule has 1 unspecified atom stereocenters. The van der Waals surface area contributed by atoms with Crippen LogP contribution in [0.5, 0.6) is 0 Å². The van der Waals surface area contributed by atoms with Crippen molar-refractivity contribution in [3.8, 4) is 0 Å². The Morgan fingerprint density at radius 1 is 1.11 bits per heavy atom. The zero-order chi connectivity index (χ0) is 15.6. The summed E-state index contributed by atoms with van der Waals surface area (Å²) in [6.45, 7) is 9.64. The number of carboxylic acids is 1. The molecule has 0 bridgehead atoms. The topological polar surface area (TPSA) is 86.7 Å². The van der Waals surface area contributed by atoms with Crippen molar-refractivity contribution in [3.63, 3.8) is 0 Å². The van der Waals surface area contributed by atoms with Gasteiger partial charge in [0.1, 0.15) is 11.6 Å². The van der Waals surface area contributed by atoms with Crippen LogP contribution in [0.25, 0.3) is 0 Å². The highest BCUT2D eigenvalue weighted by Gasteiger charge is 2.37. The van der Waals surface area contributed by atoms with Gasteiger partial charge in [-0.2, -0.15) is 0 Å². The second-order valence-corrected chi connectivity index (χ2v) is 6.21. The van der Waals surface area contributed by atoms with Gasteiger partial charge in [0.25, 0.3) is 0 Å². The lowest BCUT2D eigenvalue weighted by molar-refractivity contribution is -0.156. The van der Waals surface area contributed by atoms with E-state index in [-0.39, 0.29) is 5.91 Å². The number of aliphatic carboxylic acids is 1. The maximum absolute atomic E-state index is 12.1. The minimum atomic E-state index is -1.32. The minimum absolute atomic E-state index is 0.255. The summed E-state index contributed by atoms with van der Waals surface area (Å²) in [7, 11) is 1.41. The largest absolute Gasteiger partial charge is 0.480 e. The van der Waals surface area contributed by atoms with Crippen molar-refractivity contribution in [3.05, 3.63) is 0 Å². The molecule has 0 aromatic heterocycles.